The molecule has 3 N–H and O–H groups in total. The van der Waals surface area contributed by atoms with Crippen LogP contribution in [0.5, 0.6) is 17.2 Å². The number of allylic oxidation sites excluding steroid dienone is 3. The van der Waals surface area contributed by atoms with Crippen molar-refractivity contribution < 1.29 is 43.9 Å². The fourth-order valence-corrected chi connectivity index (χ4v) is 6.27. The third kappa shape index (κ3) is 7.96. The normalized spacial score (nSPS) is 24.0. The lowest BCUT2D eigenvalue weighted by molar-refractivity contribution is -0.132. The zero-order valence-electron chi connectivity index (χ0n) is 28.7. The van der Waals surface area contributed by atoms with Gasteiger partial charge in [-0.15, -0.1) is 0 Å². The highest BCUT2D eigenvalue weighted by atomic mass is 16.5. The van der Waals surface area contributed by atoms with Gasteiger partial charge in [0.05, 0.1) is 23.4 Å². The van der Waals surface area contributed by atoms with Gasteiger partial charge in [0.2, 0.25) is 0 Å². The number of hydrogen-bond acceptors (Lipinski definition) is 8. The van der Waals surface area contributed by atoms with Crippen LogP contribution in [0.15, 0.2) is 53.2 Å². The lowest BCUT2D eigenvalue weighted by Crippen LogP contribution is -2.51. The number of hydrogen-bond donors (Lipinski definition) is 3. The Morgan fingerprint density at radius 1 is 1.15 bits per heavy atom. The molecule has 3 aliphatic rings. The molecule has 0 spiro atoms. The van der Waals surface area contributed by atoms with Gasteiger partial charge in [0.25, 0.3) is 0 Å². The Bertz CT molecular complexity index is 1580. The van der Waals surface area contributed by atoms with Gasteiger partial charge in [0, 0.05) is 35.0 Å². The first kappa shape index (κ1) is 35.9. The summed E-state index contributed by atoms with van der Waals surface area (Å²) in [6.45, 7) is 14.8. The molecule has 2 aliphatic heterocycles. The second-order valence-corrected chi connectivity index (χ2v) is 14.3. The SMILES string of the molecule is CC(C)=CCc1c2c(c(O)c3c1OC1C(=CC(C=O)C[C@@H]1C(C)(C)OCC/C=C(\C)C(=O)O)C3=O)C=CC(C)(C/C=C\C(C)(C)O)O2. The molecule has 2 heterocycles. The van der Waals surface area contributed by atoms with Crippen LogP contribution in [0.25, 0.3) is 6.08 Å². The molecule has 0 radical (unpaired) electrons. The molecular weight excluding hydrogens is 600 g/mol. The van der Waals surface area contributed by atoms with Crippen molar-refractivity contribution in [2.45, 2.75) is 104 Å². The van der Waals surface area contributed by atoms with Crippen LogP contribution in [-0.4, -0.2) is 62.9 Å². The van der Waals surface area contributed by atoms with Gasteiger partial charge >= 0.3 is 5.97 Å². The summed E-state index contributed by atoms with van der Waals surface area (Å²) in [5.74, 6) is -1.94. The molecule has 254 valence electrons. The summed E-state index contributed by atoms with van der Waals surface area (Å²) in [7, 11) is 0. The van der Waals surface area contributed by atoms with E-state index in [4.69, 9.17) is 14.2 Å². The lowest BCUT2D eigenvalue weighted by atomic mass is 9.70. The minimum absolute atomic E-state index is 0.0421. The fourth-order valence-electron chi connectivity index (χ4n) is 6.27. The molecule has 0 saturated carbocycles. The van der Waals surface area contributed by atoms with Gasteiger partial charge in [0.1, 0.15) is 40.8 Å². The smallest absolute Gasteiger partial charge is 0.330 e. The summed E-state index contributed by atoms with van der Waals surface area (Å²) in [5, 5.41) is 30.9. The van der Waals surface area contributed by atoms with Crippen LogP contribution in [-0.2, 0) is 20.7 Å². The second-order valence-electron chi connectivity index (χ2n) is 14.3. The Balaban J connectivity index is 1.79. The van der Waals surface area contributed by atoms with Crippen molar-refractivity contribution in [2.75, 3.05) is 6.61 Å². The molecule has 1 aromatic rings. The number of carboxylic acids is 1. The molecule has 9 nitrogen and oxygen atoms in total. The maximum Gasteiger partial charge on any atom is 0.330 e. The highest BCUT2D eigenvalue weighted by molar-refractivity contribution is 6.15. The van der Waals surface area contributed by atoms with E-state index in [1.807, 2.05) is 52.8 Å². The molecule has 47 heavy (non-hydrogen) atoms. The third-order valence-electron chi connectivity index (χ3n) is 8.99. The maximum absolute atomic E-state index is 14.3. The predicted octanol–water partition coefficient (Wildman–Crippen LogP) is 6.70. The summed E-state index contributed by atoms with van der Waals surface area (Å²) in [4.78, 5) is 37.6. The first-order chi connectivity index (χ1) is 21.9. The monoisotopic (exact) mass is 648 g/mol. The molecule has 0 fully saturated rings. The van der Waals surface area contributed by atoms with Crippen molar-refractivity contribution >= 4 is 24.1 Å². The summed E-state index contributed by atoms with van der Waals surface area (Å²) in [6, 6.07) is 0. The lowest BCUT2D eigenvalue weighted by Gasteiger charge is -2.45. The van der Waals surface area contributed by atoms with Crippen LogP contribution in [0.1, 0.15) is 96.1 Å². The Morgan fingerprint density at radius 3 is 2.47 bits per heavy atom. The molecule has 4 atom stereocenters. The molecule has 9 heteroatoms. The summed E-state index contributed by atoms with van der Waals surface area (Å²) in [5.41, 5.74) is -0.0139. The van der Waals surface area contributed by atoms with E-state index in [0.717, 1.165) is 11.9 Å². The third-order valence-corrected chi connectivity index (χ3v) is 8.99. The van der Waals surface area contributed by atoms with E-state index in [1.165, 1.54) is 6.92 Å². The van der Waals surface area contributed by atoms with E-state index >= 15 is 0 Å². The van der Waals surface area contributed by atoms with Crippen molar-refractivity contribution in [1.82, 2.24) is 0 Å². The molecule has 1 aliphatic carbocycles. The number of rotatable bonds is 12. The molecule has 0 aromatic heterocycles. The van der Waals surface area contributed by atoms with E-state index < -0.39 is 46.5 Å². The zero-order chi connectivity index (χ0) is 34.9. The number of Topliss-reactive ketones (excluding diaryl/α,β-unsaturated/α-hetero) is 1. The zero-order valence-corrected chi connectivity index (χ0v) is 28.7. The molecule has 0 bridgehead atoms. The van der Waals surface area contributed by atoms with Crippen LogP contribution in [0.2, 0.25) is 0 Å². The molecule has 0 saturated heterocycles. The number of aliphatic hydroxyl groups is 1. The number of aldehydes is 1. The standard InChI is InChI=1S/C38H48O9/c1-22(2)12-13-26-32-25(14-17-38(8,47-32)16-10-15-36(4,5)44)30(40)29-31(41)27-19-24(21-39)20-28(33(27)46-34(26)29)37(6,7)45-18-9-11-23(3)35(42)43/h10-12,14-15,17,19,21,24,28,33,40,44H,9,13,16,18,20H2,1-8H3,(H,42,43)/b15-10-,23-11+/t24?,28-,33?,38?/m0/s1. The van der Waals surface area contributed by atoms with E-state index in [2.05, 4.69) is 0 Å². The predicted molar refractivity (Wildman–Crippen MR) is 180 cm³/mol. The van der Waals surface area contributed by atoms with Crippen molar-refractivity contribution in [3.05, 3.63) is 69.9 Å². The van der Waals surface area contributed by atoms with Crippen molar-refractivity contribution in [1.29, 1.82) is 0 Å². The summed E-state index contributed by atoms with van der Waals surface area (Å²) >= 11 is 0. The summed E-state index contributed by atoms with van der Waals surface area (Å²) < 4.78 is 19.7. The van der Waals surface area contributed by atoms with Gasteiger partial charge in [-0.05, 0) is 86.8 Å². The van der Waals surface area contributed by atoms with E-state index in [-0.39, 0.29) is 29.2 Å². The number of phenols is 1. The largest absolute Gasteiger partial charge is 0.506 e. The highest BCUT2D eigenvalue weighted by Gasteiger charge is 2.50. The van der Waals surface area contributed by atoms with Gasteiger partial charge < -0.3 is 34.3 Å². The van der Waals surface area contributed by atoms with Gasteiger partial charge in [-0.2, -0.15) is 0 Å². The van der Waals surface area contributed by atoms with E-state index in [1.54, 1.807) is 38.2 Å². The minimum Gasteiger partial charge on any atom is -0.506 e. The van der Waals surface area contributed by atoms with Crippen molar-refractivity contribution in [3.8, 4) is 17.2 Å². The van der Waals surface area contributed by atoms with Crippen LogP contribution in [0, 0.1) is 11.8 Å². The number of carbonyl (C=O) groups is 3. The molecule has 1 aromatic carbocycles. The molecule has 4 rings (SSSR count). The van der Waals surface area contributed by atoms with Crippen LogP contribution in [0.3, 0.4) is 0 Å². The van der Waals surface area contributed by atoms with Gasteiger partial charge in [-0.3, -0.25) is 4.79 Å². The van der Waals surface area contributed by atoms with Crippen molar-refractivity contribution in [2.24, 2.45) is 11.8 Å². The van der Waals surface area contributed by atoms with Crippen LogP contribution < -0.4 is 9.47 Å². The van der Waals surface area contributed by atoms with Gasteiger partial charge in [-0.1, -0.05) is 36.0 Å². The number of ketones is 1. The van der Waals surface area contributed by atoms with Gasteiger partial charge in [0.15, 0.2) is 5.78 Å². The van der Waals surface area contributed by atoms with Crippen LogP contribution >= 0.6 is 0 Å². The van der Waals surface area contributed by atoms with Crippen molar-refractivity contribution in [3.63, 3.8) is 0 Å². The second kappa shape index (κ2) is 13.6. The average molecular weight is 649 g/mol. The first-order valence-corrected chi connectivity index (χ1v) is 16.1. The summed E-state index contributed by atoms with van der Waals surface area (Å²) in [6.07, 6.45) is 14.1. The number of ether oxygens (including phenoxy) is 3. The fraction of sp³-hybridized carbons (Fsp3) is 0.500. The Kier molecular flexibility index (Phi) is 10.4. The Labute approximate surface area is 277 Å². The quantitative estimate of drug-likeness (QED) is 0.0977. The first-order valence-electron chi connectivity index (χ1n) is 16.1. The average Bonchev–Trinajstić information content (AvgIpc) is 2.97. The molecule has 0 amide bonds. The number of phenolic OH excluding ortho intramolecular Hbond substituents is 1. The molecule has 3 unspecified atom stereocenters. The number of aliphatic carboxylic acids is 1. The van der Waals surface area contributed by atoms with E-state index in [9.17, 15) is 29.7 Å². The number of benzene rings is 1. The van der Waals surface area contributed by atoms with Gasteiger partial charge in [-0.25, -0.2) is 4.79 Å². The Hall–Kier alpha value is -3.95. The van der Waals surface area contributed by atoms with E-state index in [0.29, 0.717) is 48.1 Å². The number of carboxylic acid groups (broad SMARTS) is 1. The topological polar surface area (TPSA) is 140 Å². The highest BCUT2D eigenvalue weighted by Crippen LogP contribution is 2.53. The Morgan fingerprint density at radius 2 is 1.85 bits per heavy atom. The minimum atomic E-state index is -0.993. The number of fused-ring (bicyclic) bond motifs is 3. The molecular formula is C38H48O9. The maximum atomic E-state index is 14.3. The number of aromatic hydroxyl groups is 1. The van der Waals surface area contributed by atoms with Crippen LogP contribution in [0.4, 0.5) is 0 Å². The number of carbonyl (C=O) groups excluding carboxylic acids is 2.